The SMILES string of the molecule is CCN(CC)c1c2c(nc3ccc(C(=O)O)cc13)CCC2. The van der Waals surface area contributed by atoms with Gasteiger partial charge in [0.05, 0.1) is 16.8 Å². The first-order valence-electron chi connectivity index (χ1n) is 7.59. The zero-order chi connectivity index (χ0) is 15.0. The van der Waals surface area contributed by atoms with Gasteiger partial charge in [0.15, 0.2) is 0 Å². The van der Waals surface area contributed by atoms with Crippen LogP contribution in [0.2, 0.25) is 0 Å². The molecule has 0 fully saturated rings. The average Bonchev–Trinajstić information content (AvgIpc) is 2.94. The van der Waals surface area contributed by atoms with Gasteiger partial charge in [-0.1, -0.05) is 0 Å². The highest BCUT2D eigenvalue weighted by Gasteiger charge is 2.22. The van der Waals surface area contributed by atoms with Gasteiger partial charge < -0.3 is 10.0 Å². The predicted molar refractivity (Wildman–Crippen MR) is 84.3 cm³/mol. The number of carboxylic acid groups (broad SMARTS) is 1. The van der Waals surface area contributed by atoms with E-state index in [2.05, 4.69) is 18.7 Å². The number of hydrogen-bond acceptors (Lipinski definition) is 3. The Bertz CT molecular complexity index is 705. The lowest BCUT2D eigenvalue weighted by molar-refractivity contribution is 0.0697. The molecule has 0 unspecified atom stereocenters. The molecule has 1 aliphatic rings. The zero-order valence-electron chi connectivity index (χ0n) is 12.5. The summed E-state index contributed by atoms with van der Waals surface area (Å²) in [5.74, 6) is -0.886. The van der Waals surface area contributed by atoms with Gasteiger partial charge in [-0.25, -0.2) is 4.79 Å². The van der Waals surface area contributed by atoms with Gasteiger partial charge in [0.2, 0.25) is 0 Å². The second-order valence-corrected chi connectivity index (χ2v) is 5.45. The topological polar surface area (TPSA) is 53.4 Å². The number of hydrogen-bond donors (Lipinski definition) is 1. The molecule has 0 bridgehead atoms. The summed E-state index contributed by atoms with van der Waals surface area (Å²) in [6.45, 7) is 6.11. The van der Waals surface area contributed by atoms with E-state index in [0.29, 0.717) is 5.56 Å². The van der Waals surface area contributed by atoms with E-state index >= 15 is 0 Å². The average molecular weight is 284 g/mol. The summed E-state index contributed by atoms with van der Waals surface area (Å²) < 4.78 is 0. The van der Waals surface area contributed by atoms with Crippen LogP contribution in [0.25, 0.3) is 10.9 Å². The van der Waals surface area contributed by atoms with E-state index in [9.17, 15) is 9.90 Å². The van der Waals surface area contributed by atoms with Crippen LogP contribution >= 0.6 is 0 Å². The Kier molecular flexibility index (Phi) is 3.53. The molecular formula is C17H20N2O2. The van der Waals surface area contributed by atoms with Gasteiger partial charge in [0.25, 0.3) is 0 Å². The van der Waals surface area contributed by atoms with Crippen LogP contribution in [-0.2, 0) is 12.8 Å². The first-order valence-corrected chi connectivity index (χ1v) is 7.59. The Hall–Kier alpha value is -2.10. The summed E-state index contributed by atoms with van der Waals surface area (Å²) in [6.07, 6.45) is 3.21. The van der Waals surface area contributed by atoms with E-state index in [1.807, 2.05) is 6.07 Å². The third-order valence-corrected chi connectivity index (χ3v) is 4.31. The zero-order valence-corrected chi connectivity index (χ0v) is 12.5. The first-order chi connectivity index (χ1) is 10.2. The van der Waals surface area contributed by atoms with Gasteiger partial charge in [0.1, 0.15) is 0 Å². The highest BCUT2D eigenvalue weighted by Crippen LogP contribution is 2.36. The van der Waals surface area contributed by atoms with E-state index in [1.165, 1.54) is 16.9 Å². The molecule has 0 saturated carbocycles. The number of rotatable bonds is 4. The maximum absolute atomic E-state index is 11.3. The molecule has 110 valence electrons. The van der Waals surface area contributed by atoms with E-state index in [-0.39, 0.29) is 0 Å². The van der Waals surface area contributed by atoms with Crippen molar-refractivity contribution in [3.05, 3.63) is 35.0 Å². The number of anilines is 1. The Morgan fingerprint density at radius 1 is 1.29 bits per heavy atom. The predicted octanol–water partition coefficient (Wildman–Crippen LogP) is 3.27. The van der Waals surface area contributed by atoms with Gasteiger partial charge in [-0.3, -0.25) is 4.98 Å². The Morgan fingerprint density at radius 2 is 2.05 bits per heavy atom. The molecule has 0 saturated heterocycles. The molecule has 4 heteroatoms. The van der Waals surface area contributed by atoms with Gasteiger partial charge in [-0.05, 0) is 56.9 Å². The van der Waals surface area contributed by atoms with Crippen LogP contribution in [-0.4, -0.2) is 29.1 Å². The largest absolute Gasteiger partial charge is 0.478 e. The number of fused-ring (bicyclic) bond motifs is 2. The van der Waals surface area contributed by atoms with Crippen molar-refractivity contribution < 1.29 is 9.90 Å². The number of aryl methyl sites for hydroxylation is 1. The maximum atomic E-state index is 11.3. The van der Waals surface area contributed by atoms with E-state index < -0.39 is 5.97 Å². The molecule has 1 heterocycles. The lowest BCUT2D eigenvalue weighted by Crippen LogP contribution is -2.24. The van der Waals surface area contributed by atoms with E-state index in [0.717, 1.165) is 43.3 Å². The number of carboxylic acids is 1. The highest BCUT2D eigenvalue weighted by atomic mass is 16.4. The van der Waals surface area contributed by atoms with Gasteiger partial charge in [-0.2, -0.15) is 0 Å². The fourth-order valence-electron chi connectivity index (χ4n) is 3.27. The first kappa shape index (κ1) is 13.9. The summed E-state index contributed by atoms with van der Waals surface area (Å²) in [5.41, 5.74) is 4.93. The molecule has 0 radical (unpaired) electrons. The van der Waals surface area contributed by atoms with Crippen molar-refractivity contribution in [3.63, 3.8) is 0 Å². The highest BCUT2D eigenvalue weighted by molar-refractivity contribution is 5.99. The van der Waals surface area contributed by atoms with E-state index in [4.69, 9.17) is 4.98 Å². The quantitative estimate of drug-likeness (QED) is 0.936. The van der Waals surface area contributed by atoms with Crippen molar-refractivity contribution >= 4 is 22.6 Å². The van der Waals surface area contributed by atoms with Gasteiger partial charge >= 0.3 is 5.97 Å². The van der Waals surface area contributed by atoms with Gasteiger partial charge in [-0.15, -0.1) is 0 Å². The molecule has 0 atom stereocenters. The van der Waals surface area contributed by atoms with Crippen molar-refractivity contribution in [3.8, 4) is 0 Å². The van der Waals surface area contributed by atoms with Gasteiger partial charge in [0, 0.05) is 24.2 Å². The molecule has 1 N–H and O–H groups in total. The van der Waals surface area contributed by atoms with Crippen LogP contribution in [0.4, 0.5) is 5.69 Å². The molecule has 1 aromatic heterocycles. The maximum Gasteiger partial charge on any atom is 0.335 e. The van der Waals surface area contributed by atoms with Crippen molar-refractivity contribution in [1.29, 1.82) is 0 Å². The molecule has 0 aliphatic heterocycles. The second-order valence-electron chi connectivity index (χ2n) is 5.45. The fraction of sp³-hybridized carbons (Fsp3) is 0.412. The van der Waals surface area contributed by atoms with Crippen molar-refractivity contribution in [1.82, 2.24) is 4.98 Å². The molecule has 21 heavy (non-hydrogen) atoms. The Balaban J connectivity index is 2.33. The minimum Gasteiger partial charge on any atom is -0.478 e. The van der Waals surface area contributed by atoms with Crippen molar-refractivity contribution in [2.24, 2.45) is 0 Å². The third-order valence-electron chi connectivity index (χ3n) is 4.31. The van der Waals surface area contributed by atoms with Crippen LogP contribution in [0, 0.1) is 0 Å². The number of pyridine rings is 1. The molecule has 0 amide bonds. The summed E-state index contributed by atoms with van der Waals surface area (Å²) in [4.78, 5) is 18.3. The normalized spacial score (nSPS) is 13.4. The molecule has 4 nitrogen and oxygen atoms in total. The lowest BCUT2D eigenvalue weighted by atomic mass is 10.0. The molecule has 3 rings (SSSR count). The summed E-state index contributed by atoms with van der Waals surface area (Å²) in [7, 11) is 0. The molecule has 1 aliphatic carbocycles. The Morgan fingerprint density at radius 3 is 2.71 bits per heavy atom. The van der Waals surface area contributed by atoms with Crippen LogP contribution < -0.4 is 4.90 Å². The number of nitrogens with zero attached hydrogens (tertiary/aromatic N) is 2. The fourth-order valence-corrected chi connectivity index (χ4v) is 3.27. The summed E-state index contributed by atoms with van der Waals surface area (Å²) >= 11 is 0. The smallest absolute Gasteiger partial charge is 0.335 e. The molecule has 2 aromatic rings. The Labute approximate surface area is 124 Å². The van der Waals surface area contributed by atoms with Crippen LogP contribution in [0.3, 0.4) is 0 Å². The minimum absolute atomic E-state index is 0.329. The number of carbonyl (C=O) groups is 1. The second kappa shape index (κ2) is 5.35. The van der Waals surface area contributed by atoms with Crippen molar-refractivity contribution in [2.75, 3.05) is 18.0 Å². The lowest BCUT2D eigenvalue weighted by Gasteiger charge is -2.26. The standard InChI is InChI=1S/C17H20N2O2/c1-3-19(4-2)16-12-6-5-7-14(12)18-15-9-8-11(17(20)21)10-13(15)16/h8-10H,3-7H2,1-2H3,(H,20,21). The third kappa shape index (κ3) is 2.24. The molecule has 1 aromatic carbocycles. The van der Waals surface area contributed by atoms with Crippen molar-refractivity contribution in [2.45, 2.75) is 33.1 Å². The molecule has 0 spiro atoms. The number of benzene rings is 1. The van der Waals surface area contributed by atoms with E-state index in [1.54, 1.807) is 12.1 Å². The number of aromatic nitrogens is 1. The van der Waals surface area contributed by atoms with Crippen LogP contribution in [0.5, 0.6) is 0 Å². The van der Waals surface area contributed by atoms with Crippen LogP contribution in [0.1, 0.15) is 41.9 Å². The number of aromatic carboxylic acids is 1. The minimum atomic E-state index is -0.886. The molecular weight excluding hydrogens is 264 g/mol. The summed E-state index contributed by atoms with van der Waals surface area (Å²) in [6, 6.07) is 5.26. The summed E-state index contributed by atoms with van der Waals surface area (Å²) in [5, 5.41) is 10.2. The van der Waals surface area contributed by atoms with Crippen LogP contribution in [0.15, 0.2) is 18.2 Å². The monoisotopic (exact) mass is 284 g/mol.